The van der Waals surface area contributed by atoms with Crippen molar-refractivity contribution in [2.75, 3.05) is 5.32 Å². The van der Waals surface area contributed by atoms with Gasteiger partial charge >= 0.3 is 0 Å². The van der Waals surface area contributed by atoms with Crippen LogP contribution in [-0.2, 0) is 13.2 Å². The maximum atomic E-state index is 12.9. The van der Waals surface area contributed by atoms with Gasteiger partial charge in [-0.25, -0.2) is 0 Å². The monoisotopic (exact) mass is 464 g/mol. The molecule has 170 valence electrons. The number of halogens is 1. The second-order valence-corrected chi connectivity index (χ2v) is 8.50. The molecule has 4 rings (SSSR count). The summed E-state index contributed by atoms with van der Waals surface area (Å²) < 4.78 is 12.9. The number of amides is 1. The Morgan fingerprint density at radius 3 is 2.70 bits per heavy atom. The van der Waals surface area contributed by atoms with Crippen molar-refractivity contribution in [3.8, 4) is 5.75 Å². The van der Waals surface area contributed by atoms with E-state index in [9.17, 15) is 4.79 Å². The molecule has 7 nitrogen and oxygen atoms in total. The lowest BCUT2D eigenvalue weighted by Crippen LogP contribution is -2.16. The van der Waals surface area contributed by atoms with E-state index in [-0.39, 0.29) is 18.1 Å². The zero-order chi connectivity index (χ0) is 23.5. The first-order valence-corrected chi connectivity index (χ1v) is 10.9. The van der Waals surface area contributed by atoms with Gasteiger partial charge in [-0.3, -0.25) is 9.48 Å². The maximum Gasteiger partial charge on any atom is 0.279 e. The van der Waals surface area contributed by atoms with Crippen LogP contribution in [-0.4, -0.2) is 20.8 Å². The molecule has 8 heteroatoms. The molecule has 0 aliphatic heterocycles. The standard InChI is InChI=1S/C25H25ClN4O3/c1-15-6-5-7-19(10-15)12-30-13-21(26)24(28-30)27-25(31)23-20(18(4)33-29-23)14-32-22-11-16(2)8-9-17(22)3/h5-11,13H,12,14H2,1-4H3,(H,27,28,31). The summed E-state index contributed by atoms with van der Waals surface area (Å²) in [6.07, 6.45) is 1.68. The van der Waals surface area contributed by atoms with Crippen LogP contribution in [0.15, 0.2) is 53.2 Å². The van der Waals surface area contributed by atoms with Gasteiger partial charge in [0.15, 0.2) is 11.5 Å². The molecule has 0 aliphatic rings. The van der Waals surface area contributed by atoms with Crippen LogP contribution in [0, 0.1) is 27.7 Å². The second kappa shape index (κ2) is 9.50. The first-order valence-electron chi connectivity index (χ1n) is 10.5. The zero-order valence-corrected chi connectivity index (χ0v) is 19.7. The van der Waals surface area contributed by atoms with Crippen LogP contribution in [0.1, 0.15) is 44.1 Å². The number of hydrogen-bond donors (Lipinski definition) is 1. The summed E-state index contributed by atoms with van der Waals surface area (Å²) in [5.74, 6) is 1.06. The minimum absolute atomic E-state index is 0.141. The van der Waals surface area contributed by atoms with Crippen LogP contribution in [0.2, 0.25) is 5.02 Å². The van der Waals surface area contributed by atoms with Crippen LogP contribution >= 0.6 is 11.6 Å². The van der Waals surface area contributed by atoms with E-state index < -0.39 is 5.91 Å². The fourth-order valence-corrected chi connectivity index (χ4v) is 3.68. The molecular weight excluding hydrogens is 440 g/mol. The van der Waals surface area contributed by atoms with E-state index in [1.165, 1.54) is 0 Å². The summed E-state index contributed by atoms with van der Waals surface area (Å²) in [4.78, 5) is 12.9. The molecule has 0 saturated heterocycles. The van der Waals surface area contributed by atoms with Crippen molar-refractivity contribution in [3.63, 3.8) is 0 Å². The average molecular weight is 465 g/mol. The Hall–Kier alpha value is -3.58. The number of ether oxygens (including phenoxy) is 1. The molecule has 0 saturated carbocycles. The third-order valence-corrected chi connectivity index (χ3v) is 5.57. The van der Waals surface area contributed by atoms with E-state index in [2.05, 4.69) is 21.6 Å². The first kappa shape index (κ1) is 22.6. The lowest BCUT2D eigenvalue weighted by molar-refractivity contribution is 0.101. The van der Waals surface area contributed by atoms with Gasteiger partial charge in [0.05, 0.1) is 12.1 Å². The molecule has 0 atom stereocenters. The number of aryl methyl sites for hydroxylation is 4. The fourth-order valence-electron chi connectivity index (χ4n) is 3.48. The lowest BCUT2D eigenvalue weighted by Gasteiger charge is -2.10. The number of hydrogen-bond acceptors (Lipinski definition) is 5. The molecule has 2 heterocycles. The molecule has 0 aliphatic carbocycles. The Labute approximate surface area is 197 Å². The normalized spacial score (nSPS) is 10.9. The van der Waals surface area contributed by atoms with Gasteiger partial charge in [0.25, 0.3) is 5.91 Å². The minimum atomic E-state index is -0.464. The summed E-state index contributed by atoms with van der Waals surface area (Å²) in [6, 6.07) is 14.1. The number of rotatable bonds is 7. The number of nitrogens with zero attached hydrogens (tertiary/aromatic N) is 3. The Kier molecular flexibility index (Phi) is 6.51. The van der Waals surface area contributed by atoms with E-state index in [0.29, 0.717) is 22.9 Å². The van der Waals surface area contributed by atoms with Crippen LogP contribution in [0.4, 0.5) is 5.82 Å². The van der Waals surface area contributed by atoms with Crippen LogP contribution in [0.5, 0.6) is 5.75 Å². The quantitative estimate of drug-likeness (QED) is 0.383. The predicted octanol–water partition coefficient (Wildman–Crippen LogP) is 5.64. The highest BCUT2D eigenvalue weighted by Crippen LogP contribution is 2.24. The third-order valence-electron chi connectivity index (χ3n) is 5.29. The molecule has 0 fully saturated rings. The number of nitrogens with one attached hydrogen (secondary N) is 1. The predicted molar refractivity (Wildman–Crippen MR) is 127 cm³/mol. The van der Waals surface area contributed by atoms with Gasteiger partial charge in [0, 0.05) is 6.20 Å². The van der Waals surface area contributed by atoms with E-state index in [4.69, 9.17) is 20.9 Å². The van der Waals surface area contributed by atoms with Crippen molar-refractivity contribution in [1.82, 2.24) is 14.9 Å². The summed E-state index contributed by atoms with van der Waals surface area (Å²) >= 11 is 6.33. The van der Waals surface area contributed by atoms with Crippen LogP contribution in [0.3, 0.4) is 0 Å². The van der Waals surface area contributed by atoms with E-state index >= 15 is 0 Å². The lowest BCUT2D eigenvalue weighted by atomic mass is 10.1. The van der Waals surface area contributed by atoms with Gasteiger partial charge in [0.2, 0.25) is 0 Å². The van der Waals surface area contributed by atoms with E-state index in [1.54, 1.807) is 17.8 Å². The molecule has 2 aromatic carbocycles. The van der Waals surface area contributed by atoms with Crippen LogP contribution < -0.4 is 10.1 Å². The maximum absolute atomic E-state index is 12.9. The number of carbonyl (C=O) groups excluding carboxylic acids is 1. The molecule has 1 N–H and O–H groups in total. The number of carbonyl (C=O) groups is 1. The molecular formula is C25H25ClN4O3. The minimum Gasteiger partial charge on any atom is -0.488 e. The van der Waals surface area contributed by atoms with Gasteiger partial charge in [-0.05, 0) is 50.5 Å². The highest BCUT2D eigenvalue weighted by molar-refractivity contribution is 6.33. The van der Waals surface area contributed by atoms with Crippen molar-refractivity contribution < 1.29 is 14.1 Å². The van der Waals surface area contributed by atoms with Crippen molar-refractivity contribution in [1.29, 1.82) is 0 Å². The Morgan fingerprint density at radius 1 is 1.12 bits per heavy atom. The molecule has 0 unspecified atom stereocenters. The van der Waals surface area contributed by atoms with E-state index in [0.717, 1.165) is 28.0 Å². The molecule has 2 aromatic heterocycles. The number of aromatic nitrogens is 3. The molecule has 4 aromatic rings. The largest absolute Gasteiger partial charge is 0.488 e. The summed E-state index contributed by atoms with van der Waals surface area (Å²) in [5.41, 5.74) is 5.06. The van der Waals surface area contributed by atoms with Gasteiger partial charge < -0.3 is 14.6 Å². The van der Waals surface area contributed by atoms with Gasteiger partial charge in [0.1, 0.15) is 23.1 Å². The molecule has 0 bridgehead atoms. The van der Waals surface area contributed by atoms with E-state index in [1.807, 2.05) is 57.2 Å². The summed E-state index contributed by atoms with van der Waals surface area (Å²) in [7, 11) is 0. The fraction of sp³-hybridized carbons (Fsp3) is 0.240. The molecule has 0 radical (unpaired) electrons. The third kappa shape index (κ3) is 5.26. The zero-order valence-electron chi connectivity index (χ0n) is 19.0. The average Bonchev–Trinajstić information content (AvgIpc) is 3.30. The molecule has 0 spiro atoms. The van der Waals surface area contributed by atoms with Crippen molar-refractivity contribution in [3.05, 3.63) is 93.0 Å². The topological polar surface area (TPSA) is 82.2 Å². The van der Waals surface area contributed by atoms with Gasteiger partial charge in [-0.2, -0.15) is 5.10 Å². The molecule has 1 amide bonds. The van der Waals surface area contributed by atoms with Gasteiger partial charge in [-0.1, -0.05) is 58.7 Å². The second-order valence-electron chi connectivity index (χ2n) is 8.09. The summed E-state index contributed by atoms with van der Waals surface area (Å²) in [5, 5.41) is 11.4. The Bertz CT molecular complexity index is 1310. The van der Waals surface area contributed by atoms with Crippen molar-refractivity contribution in [2.45, 2.75) is 40.8 Å². The molecule has 33 heavy (non-hydrogen) atoms. The smallest absolute Gasteiger partial charge is 0.279 e. The van der Waals surface area contributed by atoms with Crippen molar-refractivity contribution >= 4 is 23.3 Å². The number of anilines is 1. The highest BCUT2D eigenvalue weighted by Gasteiger charge is 2.22. The van der Waals surface area contributed by atoms with Crippen LogP contribution in [0.25, 0.3) is 0 Å². The van der Waals surface area contributed by atoms with Crippen molar-refractivity contribution in [2.24, 2.45) is 0 Å². The summed E-state index contributed by atoms with van der Waals surface area (Å²) in [6.45, 7) is 8.44. The Morgan fingerprint density at radius 2 is 1.91 bits per heavy atom. The van der Waals surface area contributed by atoms with Gasteiger partial charge in [-0.15, -0.1) is 0 Å². The SMILES string of the molecule is Cc1cccc(Cn2cc(Cl)c(NC(=O)c3noc(C)c3COc3cc(C)ccc3C)n2)c1. The Balaban J connectivity index is 1.48. The highest BCUT2D eigenvalue weighted by atomic mass is 35.5. The first-order chi connectivity index (χ1) is 15.8. The number of benzene rings is 2.